The fraction of sp³-hybridized carbons (Fsp3) is 0. The van der Waals surface area contributed by atoms with Gasteiger partial charge in [0.15, 0.2) is 0 Å². The van der Waals surface area contributed by atoms with Gasteiger partial charge in [-0.25, -0.2) is 0 Å². The lowest BCUT2D eigenvalue weighted by Gasteiger charge is -2.04. The van der Waals surface area contributed by atoms with Crippen LogP contribution in [0.4, 0.5) is 0 Å². The van der Waals surface area contributed by atoms with Crippen LogP contribution in [-0.2, 0) is 4.28 Å². The summed E-state index contributed by atoms with van der Waals surface area (Å²) in [4.78, 5) is 4.95. The number of rotatable bonds is 0. The number of nitrogens with zero attached hydrogens (tertiary/aromatic N) is 2. The van der Waals surface area contributed by atoms with Crippen LogP contribution in [0.15, 0.2) is 28.5 Å². The lowest BCUT2D eigenvalue weighted by Crippen LogP contribution is -1.91. The molecule has 0 unspecified atom stereocenters. The van der Waals surface area contributed by atoms with Crippen LogP contribution < -0.4 is 0 Å². The van der Waals surface area contributed by atoms with Crippen LogP contribution in [0.2, 0.25) is 0 Å². The Kier molecular flexibility index (Phi) is 1.32. The molecule has 0 aliphatic carbocycles. The Bertz CT molecular complexity index is 274. The van der Waals surface area contributed by atoms with Gasteiger partial charge in [0, 0.05) is 18.0 Å². The number of hydrogen-bond donors (Lipinski definition) is 0. The van der Waals surface area contributed by atoms with E-state index in [1.165, 1.54) is 12.0 Å². The molecule has 0 fully saturated rings. The van der Waals surface area contributed by atoms with Gasteiger partial charge >= 0.3 is 0 Å². The smallest absolute Gasteiger partial charge is 0.127 e. The van der Waals surface area contributed by atoms with Crippen molar-refractivity contribution in [1.29, 1.82) is 0 Å². The highest BCUT2D eigenvalue weighted by molar-refractivity contribution is 7.94. The third-order valence-corrected chi connectivity index (χ3v) is 1.86. The van der Waals surface area contributed by atoms with Gasteiger partial charge in [0.1, 0.15) is 12.0 Å². The predicted molar refractivity (Wildman–Crippen MR) is 38.8 cm³/mol. The number of oxime groups is 1. The molecule has 0 atom stereocenters. The van der Waals surface area contributed by atoms with Gasteiger partial charge in [-0.2, -0.15) is 0 Å². The quantitative estimate of drug-likeness (QED) is 0.528. The van der Waals surface area contributed by atoms with Crippen LogP contribution in [-0.4, -0.2) is 11.2 Å². The van der Waals surface area contributed by atoms with Gasteiger partial charge in [-0.1, -0.05) is 5.16 Å². The molecule has 0 N–H and O–H groups in total. The molecular formula is C6H4N2OS. The van der Waals surface area contributed by atoms with E-state index in [2.05, 4.69) is 10.1 Å². The van der Waals surface area contributed by atoms with Crippen molar-refractivity contribution >= 4 is 18.3 Å². The van der Waals surface area contributed by atoms with Crippen molar-refractivity contribution in [2.24, 2.45) is 5.16 Å². The minimum atomic E-state index is 1.01. The molecule has 2 rings (SSSR count). The van der Waals surface area contributed by atoms with E-state index in [0.29, 0.717) is 0 Å². The lowest BCUT2D eigenvalue weighted by atomic mass is 10.3. The number of aromatic nitrogens is 1. The van der Waals surface area contributed by atoms with Gasteiger partial charge in [0.2, 0.25) is 0 Å². The summed E-state index contributed by atoms with van der Waals surface area (Å²) in [6, 6.07) is 1.90. The molecule has 50 valence electrons. The summed E-state index contributed by atoms with van der Waals surface area (Å²) >= 11 is 1.23. The van der Waals surface area contributed by atoms with Gasteiger partial charge in [0.25, 0.3) is 0 Å². The van der Waals surface area contributed by atoms with Gasteiger partial charge in [-0.05, 0) is 6.07 Å². The molecule has 1 aliphatic rings. The van der Waals surface area contributed by atoms with E-state index in [-0.39, 0.29) is 0 Å². The maximum absolute atomic E-state index is 4.74. The summed E-state index contributed by atoms with van der Waals surface area (Å²) in [7, 11) is 0. The molecule has 0 spiro atoms. The zero-order chi connectivity index (χ0) is 6.81. The molecule has 3 nitrogen and oxygen atoms in total. The van der Waals surface area contributed by atoms with Crippen molar-refractivity contribution < 1.29 is 4.28 Å². The van der Waals surface area contributed by atoms with Gasteiger partial charge in [-0.3, -0.25) is 4.98 Å². The summed E-state index contributed by atoms with van der Waals surface area (Å²) in [6.07, 6.45) is 5.16. The van der Waals surface area contributed by atoms with Crippen molar-refractivity contribution in [3.63, 3.8) is 0 Å². The molecule has 10 heavy (non-hydrogen) atoms. The SMILES string of the molecule is C1=NOSc2cnccc21. The van der Waals surface area contributed by atoms with Crippen molar-refractivity contribution in [3.8, 4) is 0 Å². The zero-order valence-electron chi connectivity index (χ0n) is 5.02. The van der Waals surface area contributed by atoms with E-state index in [1.54, 1.807) is 18.6 Å². The molecule has 1 aromatic rings. The van der Waals surface area contributed by atoms with Crippen LogP contribution in [0, 0.1) is 0 Å². The summed E-state index contributed by atoms with van der Waals surface area (Å²) in [5.74, 6) is 0. The van der Waals surface area contributed by atoms with E-state index in [0.717, 1.165) is 10.5 Å². The Morgan fingerprint density at radius 3 is 3.40 bits per heavy atom. The van der Waals surface area contributed by atoms with Crippen LogP contribution in [0.3, 0.4) is 0 Å². The molecular weight excluding hydrogens is 148 g/mol. The van der Waals surface area contributed by atoms with Gasteiger partial charge < -0.3 is 4.28 Å². The Morgan fingerprint density at radius 1 is 1.50 bits per heavy atom. The van der Waals surface area contributed by atoms with E-state index >= 15 is 0 Å². The first kappa shape index (κ1) is 5.73. The second-order valence-electron chi connectivity index (χ2n) is 1.81. The molecule has 0 radical (unpaired) electrons. The minimum Gasteiger partial charge on any atom is -0.317 e. The maximum Gasteiger partial charge on any atom is 0.127 e. The zero-order valence-corrected chi connectivity index (χ0v) is 5.84. The Hall–Kier alpha value is -1.03. The van der Waals surface area contributed by atoms with Crippen molar-refractivity contribution in [2.75, 3.05) is 0 Å². The fourth-order valence-electron chi connectivity index (χ4n) is 0.707. The maximum atomic E-state index is 4.74. The molecule has 0 saturated carbocycles. The highest BCUT2D eigenvalue weighted by Crippen LogP contribution is 2.24. The Labute approximate surface area is 62.3 Å². The van der Waals surface area contributed by atoms with Crippen molar-refractivity contribution in [2.45, 2.75) is 4.90 Å². The van der Waals surface area contributed by atoms with Gasteiger partial charge in [-0.15, -0.1) is 0 Å². The summed E-state index contributed by atoms with van der Waals surface area (Å²) in [5.41, 5.74) is 1.06. The van der Waals surface area contributed by atoms with E-state index in [9.17, 15) is 0 Å². The first-order chi connectivity index (χ1) is 4.97. The van der Waals surface area contributed by atoms with E-state index < -0.39 is 0 Å². The second-order valence-corrected chi connectivity index (χ2v) is 2.56. The first-order valence-electron chi connectivity index (χ1n) is 2.78. The predicted octanol–water partition coefficient (Wildman–Crippen LogP) is 1.45. The third-order valence-electron chi connectivity index (χ3n) is 1.18. The molecule has 0 saturated heterocycles. The van der Waals surface area contributed by atoms with Crippen molar-refractivity contribution in [1.82, 2.24) is 4.98 Å². The highest BCUT2D eigenvalue weighted by atomic mass is 32.2. The molecule has 2 heterocycles. The molecule has 1 aromatic heterocycles. The first-order valence-corrected chi connectivity index (χ1v) is 3.52. The highest BCUT2D eigenvalue weighted by Gasteiger charge is 2.05. The minimum absolute atomic E-state index is 1.01. The van der Waals surface area contributed by atoms with Crippen LogP contribution in [0.5, 0.6) is 0 Å². The molecule has 1 aliphatic heterocycles. The topological polar surface area (TPSA) is 34.5 Å². The normalized spacial score (nSPS) is 14.0. The lowest BCUT2D eigenvalue weighted by molar-refractivity contribution is 0.405. The Morgan fingerprint density at radius 2 is 2.50 bits per heavy atom. The van der Waals surface area contributed by atoms with Crippen LogP contribution in [0.1, 0.15) is 5.56 Å². The van der Waals surface area contributed by atoms with Gasteiger partial charge in [0.05, 0.1) is 11.1 Å². The third kappa shape index (κ3) is 0.863. The number of pyridine rings is 1. The molecule has 0 bridgehead atoms. The summed E-state index contributed by atoms with van der Waals surface area (Å²) < 4.78 is 4.74. The molecule has 0 aromatic carbocycles. The van der Waals surface area contributed by atoms with Crippen LogP contribution in [0.25, 0.3) is 0 Å². The largest absolute Gasteiger partial charge is 0.317 e. The summed E-state index contributed by atoms with van der Waals surface area (Å²) in [6.45, 7) is 0. The molecule has 4 heteroatoms. The van der Waals surface area contributed by atoms with Crippen molar-refractivity contribution in [3.05, 3.63) is 24.0 Å². The second kappa shape index (κ2) is 2.30. The molecule has 0 amide bonds. The number of fused-ring (bicyclic) bond motifs is 1. The number of hydrogen-bond acceptors (Lipinski definition) is 4. The fourth-order valence-corrected chi connectivity index (χ4v) is 1.19. The average molecular weight is 152 g/mol. The standard InChI is InChI=1S/C6H4N2OS/c1-2-7-4-6-5(1)3-8-9-10-6/h1-4H. The summed E-state index contributed by atoms with van der Waals surface area (Å²) in [5, 5.41) is 3.63. The van der Waals surface area contributed by atoms with E-state index in [1.807, 2.05) is 6.07 Å². The monoisotopic (exact) mass is 152 g/mol. The van der Waals surface area contributed by atoms with Crippen LogP contribution >= 0.6 is 12.0 Å². The van der Waals surface area contributed by atoms with E-state index in [4.69, 9.17) is 4.28 Å². The average Bonchev–Trinajstić information content (AvgIpc) is 2.05. The Balaban J connectivity index is 2.54.